The number of rotatable bonds is 6. The van der Waals surface area contributed by atoms with Crippen molar-refractivity contribution >= 4 is 40.7 Å². The first-order valence-corrected chi connectivity index (χ1v) is 9.57. The first-order chi connectivity index (χ1) is 13.9. The van der Waals surface area contributed by atoms with Gasteiger partial charge in [0.2, 0.25) is 5.91 Å². The summed E-state index contributed by atoms with van der Waals surface area (Å²) in [6.45, 7) is 2.94. The molecule has 0 saturated heterocycles. The fourth-order valence-corrected chi connectivity index (χ4v) is 3.48. The quantitative estimate of drug-likeness (QED) is 0.710. The maximum absolute atomic E-state index is 12.6. The summed E-state index contributed by atoms with van der Waals surface area (Å²) in [4.78, 5) is 38.1. The number of ether oxygens (including phenoxy) is 1. The van der Waals surface area contributed by atoms with E-state index < -0.39 is 0 Å². The van der Waals surface area contributed by atoms with Crippen LogP contribution in [-0.2, 0) is 16.0 Å². The molecule has 2 N–H and O–H groups in total. The summed E-state index contributed by atoms with van der Waals surface area (Å²) in [6, 6.07) is 10.0. The maximum Gasteiger partial charge on any atom is 0.255 e. The Morgan fingerprint density at radius 1 is 1.14 bits per heavy atom. The summed E-state index contributed by atoms with van der Waals surface area (Å²) >= 11 is 6.21. The molecular weight excluding hydrogens is 394 g/mol. The van der Waals surface area contributed by atoms with Gasteiger partial charge in [0.25, 0.3) is 11.8 Å². The Bertz CT molecular complexity index is 961. The van der Waals surface area contributed by atoms with Crippen LogP contribution in [0.1, 0.15) is 33.2 Å². The number of hydrogen-bond donors (Lipinski definition) is 2. The Morgan fingerprint density at radius 3 is 2.62 bits per heavy atom. The Labute approximate surface area is 174 Å². The fraction of sp³-hybridized carbons (Fsp3) is 0.286. The summed E-state index contributed by atoms with van der Waals surface area (Å²) in [7, 11) is 1.55. The second kappa shape index (κ2) is 9.07. The topological polar surface area (TPSA) is 87.7 Å². The zero-order valence-electron chi connectivity index (χ0n) is 16.3. The van der Waals surface area contributed by atoms with Gasteiger partial charge in [-0.25, -0.2) is 0 Å². The van der Waals surface area contributed by atoms with Crippen LogP contribution < -0.4 is 15.5 Å². The molecule has 0 saturated carbocycles. The van der Waals surface area contributed by atoms with Crippen LogP contribution in [0.5, 0.6) is 0 Å². The van der Waals surface area contributed by atoms with E-state index in [4.69, 9.17) is 16.3 Å². The molecule has 2 aromatic rings. The van der Waals surface area contributed by atoms with Crippen LogP contribution in [0.4, 0.5) is 11.4 Å². The molecule has 0 fully saturated rings. The summed E-state index contributed by atoms with van der Waals surface area (Å²) in [5.74, 6) is -0.608. The molecule has 8 heteroatoms. The first-order valence-electron chi connectivity index (χ1n) is 9.19. The van der Waals surface area contributed by atoms with Crippen LogP contribution in [0.3, 0.4) is 0 Å². The van der Waals surface area contributed by atoms with Crippen molar-refractivity contribution in [1.29, 1.82) is 0 Å². The van der Waals surface area contributed by atoms with E-state index in [1.807, 2.05) is 0 Å². The van der Waals surface area contributed by atoms with E-state index in [2.05, 4.69) is 10.6 Å². The van der Waals surface area contributed by atoms with Crippen molar-refractivity contribution in [3.63, 3.8) is 0 Å². The Morgan fingerprint density at radius 2 is 1.93 bits per heavy atom. The van der Waals surface area contributed by atoms with Crippen molar-refractivity contribution in [2.45, 2.75) is 13.3 Å². The number of amides is 3. The van der Waals surface area contributed by atoms with Crippen LogP contribution in [0.15, 0.2) is 36.4 Å². The highest BCUT2D eigenvalue weighted by molar-refractivity contribution is 6.34. The van der Waals surface area contributed by atoms with Gasteiger partial charge in [0.1, 0.15) is 0 Å². The molecule has 0 radical (unpaired) electrons. The molecule has 0 aromatic heterocycles. The zero-order valence-corrected chi connectivity index (χ0v) is 17.0. The van der Waals surface area contributed by atoms with Crippen molar-refractivity contribution in [2.75, 3.05) is 37.0 Å². The van der Waals surface area contributed by atoms with Gasteiger partial charge < -0.3 is 20.3 Å². The Hall–Kier alpha value is -2.90. The molecular formula is C21H22ClN3O4. The predicted molar refractivity (Wildman–Crippen MR) is 112 cm³/mol. The number of methoxy groups -OCH3 is 1. The smallest absolute Gasteiger partial charge is 0.255 e. The lowest BCUT2D eigenvalue weighted by atomic mass is 10.1. The van der Waals surface area contributed by atoms with Gasteiger partial charge in [-0.15, -0.1) is 0 Å². The SMILES string of the molecule is COCCNC(=O)c1ccc(NC(=O)c2ccc3c(c2)CCN3C(C)=O)cc1Cl. The maximum atomic E-state index is 12.6. The summed E-state index contributed by atoms with van der Waals surface area (Å²) < 4.78 is 4.89. The molecule has 3 rings (SSSR count). The van der Waals surface area contributed by atoms with Crippen molar-refractivity contribution in [2.24, 2.45) is 0 Å². The largest absolute Gasteiger partial charge is 0.383 e. The average Bonchev–Trinajstić information content (AvgIpc) is 3.11. The zero-order chi connectivity index (χ0) is 21.0. The first kappa shape index (κ1) is 20.8. The van der Waals surface area contributed by atoms with Gasteiger partial charge in [-0.2, -0.15) is 0 Å². The van der Waals surface area contributed by atoms with E-state index >= 15 is 0 Å². The lowest BCUT2D eigenvalue weighted by Crippen LogP contribution is -2.27. The molecule has 0 atom stereocenters. The van der Waals surface area contributed by atoms with Crippen molar-refractivity contribution in [3.8, 4) is 0 Å². The number of carbonyl (C=O) groups excluding carboxylic acids is 3. The Kier molecular flexibility index (Phi) is 6.51. The number of benzene rings is 2. The molecule has 7 nitrogen and oxygen atoms in total. The molecule has 0 bridgehead atoms. The normalized spacial score (nSPS) is 12.4. The number of nitrogens with zero attached hydrogens (tertiary/aromatic N) is 1. The minimum Gasteiger partial charge on any atom is -0.383 e. The molecule has 1 heterocycles. The number of nitrogens with one attached hydrogen (secondary N) is 2. The highest BCUT2D eigenvalue weighted by Crippen LogP contribution is 2.29. The van der Waals surface area contributed by atoms with Crippen LogP contribution in [-0.4, -0.2) is 44.5 Å². The summed E-state index contributed by atoms with van der Waals surface area (Å²) in [5.41, 5.74) is 3.11. The van der Waals surface area contributed by atoms with Gasteiger partial charge in [0.05, 0.1) is 17.2 Å². The molecule has 0 unspecified atom stereocenters. The molecule has 1 aliphatic rings. The molecule has 152 valence electrons. The monoisotopic (exact) mass is 415 g/mol. The summed E-state index contributed by atoms with van der Waals surface area (Å²) in [6.07, 6.45) is 0.717. The standard InChI is InChI=1S/C21H22ClN3O4/c1-13(26)25-9-7-14-11-15(3-6-19(14)25)20(27)24-16-4-5-17(18(22)12-16)21(28)23-8-10-29-2/h3-6,11-12H,7-10H2,1-2H3,(H,23,28)(H,24,27). The van der Waals surface area contributed by atoms with Gasteiger partial charge in [-0.3, -0.25) is 14.4 Å². The highest BCUT2D eigenvalue weighted by Gasteiger charge is 2.23. The fourth-order valence-electron chi connectivity index (χ4n) is 3.21. The third-order valence-corrected chi connectivity index (χ3v) is 4.99. The predicted octanol–water partition coefficient (Wildman–Crippen LogP) is 2.88. The Balaban J connectivity index is 1.69. The molecule has 0 spiro atoms. The molecule has 29 heavy (non-hydrogen) atoms. The van der Waals surface area contributed by atoms with Crippen LogP contribution >= 0.6 is 11.6 Å². The molecule has 3 amide bonds. The average molecular weight is 416 g/mol. The minimum absolute atomic E-state index is 0.0121. The van der Waals surface area contributed by atoms with E-state index in [1.165, 1.54) is 13.0 Å². The second-order valence-electron chi connectivity index (χ2n) is 6.66. The number of halogens is 1. The lowest BCUT2D eigenvalue weighted by Gasteiger charge is -2.15. The molecule has 2 aromatic carbocycles. The van der Waals surface area contributed by atoms with E-state index in [0.717, 1.165) is 17.7 Å². The van der Waals surface area contributed by atoms with Crippen molar-refractivity contribution in [3.05, 3.63) is 58.1 Å². The molecule has 1 aliphatic heterocycles. The number of hydrogen-bond acceptors (Lipinski definition) is 4. The van der Waals surface area contributed by atoms with Gasteiger partial charge in [-0.1, -0.05) is 11.6 Å². The van der Waals surface area contributed by atoms with Crippen LogP contribution in [0.2, 0.25) is 5.02 Å². The van der Waals surface area contributed by atoms with E-state index in [9.17, 15) is 14.4 Å². The van der Waals surface area contributed by atoms with Crippen LogP contribution in [0, 0.1) is 0 Å². The van der Waals surface area contributed by atoms with Crippen LogP contribution in [0.25, 0.3) is 0 Å². The highest BCUT2D eigenvalue weighted by atomic mass is 35.5. The summed E-state index contributed by atoms with van der Waals surface area (Å²) in [5, 5.41) is 5.73. The van der Waals surface area contributed by atoms with Gasteiger partial charge in [-0.05, 0) is 48.4 Å². The van der Waals surface area contributed by atoms with Gasteiger partial charge >= 0.3 is 0 Å². The second-order valence-corrected chi connectivity index (χ2v) is 7.07. The molecule has 0 aliphatic carbocycles. The van der Waals surface area contributed by atoms with Crippen molar-refractivity contribution < 1.29 is 19.1 Å². The third kappa shape index (κ3) is 4.75. The van der Waals surface area contributed by atoms with E-state index in [1.54, 1.807) is 42.3 Å². The van der Waals surface area contributed by atoms with Crippen molar-refractivity contribution in [1.82, 2.24) is 5.32 Å². The number of carbonyl (C=O) groups is 3. The number of anilines is 2. The van der Waals surface area contributed by atoms with E-state index in [0.29, 0.717) is 36.5 Å². The third-order valence-electron chi connectivity index (χ3n) is 4.68. The van der Waals surface area contributed by atoms with E-state index in [-0.39, 0.29) is 22.7 Å². The minimum atomic E-state index is -0.307. The number of fused-ring (bicyclic) bond motifs is 1. The lowest BCUT2D eigenvalue weighted by molar-refractivity contribution is -0.116. The van der Waals surface area contributed by atoms with Gasteiger partial charge in [0.15, 0.2) is 0 Å². The van der Waals surface area contributed by atoms with Gasteiger partial charge in [0, 0.05) is 44.1 Å².